The maximum absolute atomic E-state index is 13.4. The molecule has 2 aliphatic heterocycles. The van der Waals surface area contributed by atoms with Crippen LogP contribution < -0.4 is 25.0 Å². The molecule has 3 amide bonds. The lowest BCUT2D eigenvalue weighted by Gasteiger charge is -2.37. The Kier molecular flexibility index (Phi) is 8.60. The summed E-state index contributed by atoms with van der Waals surface area (Å²) in [5.74, 6) is -1.24. The number of hydrogen-bond donors (Lipinski definition) is 3. The molecule has 2 heterocycles. The van der Waals surface area contributed by atoms with Gasteiger partial charge in [0.25, 0.3) is 11.8 Å². The van der Waals surface area contributed by atoms with Crippen LogP contribution >= 0.6 is 0 Å². The molecule has 3 aromatic rings. The van der Waals surface area contributed by atoms with Crippen molar-refractivity contribution in [2.45, 2.75) is 12.5 Å². The van der Waals surface area contributed by atoms with Gasteiger partial charge in [0.2, 0.25) is 6.79 Å². The van der Waals surface area contributed by atoms with Gasteiger partial charge in [-0.25, -0.2) is 9.18 Å². The van der Waals surface area contributed by atoms with E-state index in [1.807, 2.05) is 4.90 Å². The molecule has 1 atom stereocenters. The maximum Gasteiger partial charge on any atom is 0.411 e. The molecule has 12 nitrogen and oxygen atoms in total. The number of carboxylic acid groups (broad SMARTS) is 1. The zero-order valence-electron chi connectivity index (χ0n) is 23.2. The number of methoxy groups -OCH3 is 1. The van der Waals surface area contributed by atoms with Crippen LogP contribution in [0.1, 0.15) is 38.7 Å². The zero-order chi connectivity index (χ0) is 30.5. The summed E-state index contributed by atoms with van der Waals surface area (Å²) >= 11 is 0. The first-order valence-electron chi connectivity index (χ1n) is 13.4. The topological polar surface area (TPSA) is 147 Å². The number of anilines is 2. The first kappa shape index (κ1) is 29.2. The number of carboxylic acids is 1. The van der Waals surface area contributed by atoms with Crippen molar-refractivity contribution in [3.63, 3.8) is 0 Å². The Hall–Kier alpha value is -5.33. The van der Waals surface area contributed by atoms with Gasteiger partial charge in [-0.15, -0.1) is 0 Å². The second-order valence-electron chi connectivity index (χ2n) is 9.87. The van der Waals surface area contributed by atoms with Crippen LogP contribution in [0.5, 0.6) is 11.5 Å². The number of piperazine rings is 1. The summed E-state index contributed by atoms with van der Waals surface area (Å²) in [6, 6.07) is 14.0. The summed E-state index contributed by atoms with van der Waals surface area (Å²) in [4.78, 5) is 53.6. The van der Waals surface area contributed by atoms with Crippen LogP contribution in [-0.4, -0.2) is 74.0 Å². The fourth-order valence-corrected chi connectivity index (χ4v) is 4.94. The molecular weight excluding hydrogens is 563 g/mol. The number of aliphatic carboxylic acids is 1. The van der Waals surface area contributed by atoms with E-state index in [0.29, 0.717) is 60.2 Å². The summed E-state index contributed by atoms with van der Waals surface area (Å²) in [6.07, 6.45) is -1.16. The molecular formula is C30H29FN4O8. The second kappa shape index (κ2) is 12.7. The van der Waals surface area contributed by atoms with Crippen molar-refractivity contribution in [1.29, 1.82) is 0 Å². The van der Waals surface area contributed by atoms with Gasteiger partial charge in [0.05, 0.1) is 30.9 Å². The van der Waals surface area contributed by atoms with E-state index >= 15 is 0 Å². The lowest BCUT2D eigenvalue weighted by atomic mass is 10.0. The van der Waals surface area contributed by atoms with Gasteiger partial charge in [0.1, 0.15) is 5.82 Å². The minimum atomic E-state index is -1.14. The first-order chi connectivity index (χ1) is 20.7. The summed E-state index contributed by atoms with van der Waals surface area (Å²) in [6.45, 7) is 1.82. The van der Waals surface area contributed by atoms with Crippen LogP contribution in [-0.2, 0) is 9.53 Å². The molecule has 224 valence electrons. The number of halogens is 1. The van der Waals surface area contributed by atoms with E-state index in [9.17, 15) is 28.7 Å². The van der Waals surface area contributed by atoms with E-state index in [2.05, 4.69) is 10.6 Å². The Morgan fingerprint density at radius 2 is 1.63 bits per heavy atom. The molecule has 0 spiro atoms. The van der Waals surface area contributed by atoms with Crippen LogP contribution in [0, 0.1) is 5.82 Å². The van der Waals surface area contributed by atoms with Crippen LogP contribution in [0.25, 0.3) is 0 Å². The number of nitrogens with one attached hydrogen (secondary N) is 2. The largest absolute Gasteiger partial charge is 0.481 e. The van der Waals surface area contributed by atoms with Crippen molar-refractivity contribution in [1.82, 2.24) is 10.2 Å². The van der Waals surface area contributed by atoms with Crippen LogP contribution in [0.2, 0.25) is 0 Å². The van der Waals surface area contributed by atoms with Gasteiger partial charge < -0.3 is 34.4 Å². The molecule has 43 heavy (non-hydrogen) atoms. The third-order valence-electron chi connectivity index (χ3n) is 7.16. The number of benzene rings is 3. The van der Waals surface area contributed by atoms with E-state index in [1.165, 1.54) is 37.4 Å². The highest BCUT2D eigenvalue weighted by molar-refractivity contribution is 5.99. The Balaban J connectivity index is 1.31. The average molecular weight is 593 g/mol. The molecule has 1 saturated heterocycles. The highest BCUT2D eigenvalue weighted by Crippen LogP contribution is 2.33. The van der Waals surface area contributed by atoms with Crippen LogP contribution in [0.4, 0.5) is 20.6 Å². The number of carbonyl (C=O) groups excluding carboxylic acids is 3. The summed E-state index contributed by atoms with van der Waals surface area (Å²) in [5, 5.41) is 14.7. The number of carbonyl (C=O) groups is 4. The highest BCUT2D eigenvalue weighted by atomic mass is 19.1. The number of rotatable bonds is 8. The lowest BCUT2D eigenvalue weighted by molar-refractivity contribution is -0.137. The van der Waals surface area contributed by atoms with E-state index in [0.717, 1.165) is 0 Å². The Bertz CT molecular complexity index is 1540. The molecule has 1 fully saturated rings. The zero-order valence-corrected chi connectivity index (χ0v) is 23.2. The van der Waals surface area contributed by atoms with Gasteiger partial charge >= 0.3 is 12.1 Å². The third kappa shape index (κ3) is 6.77. The predicted octanol–water partition coefficient (Wildman–Crippen LogP) is 3.64. The van der Waals surface area contributed by atoms with E-state index in [-0.39, 0.29) is 18.3 Å². The van der Waals surface area contributed by atoms with Crippen molar-refractivity contribution in [3.8, 4) is 11.5 Å². The number of nitrogens with zero attached hydrogens (tertiary/aromatic N) is 2. The molecule has 5 rings (SSSR count). The minimum Gasteiger partial charge on any atom is -0.481 e. The second-order valence-corrected chi connectivity index (χ2v) is 9.87. The Labute approximate surface area is 245 Å². The number of hydrogen-bond acceptors (Lipinski definition) is 8. The van der Waals surface area contributed by atoms with Gasteiger partial charge in [-0.1, -0.05) is 12.1 Å². The smallest absolute Gasteiger partial charge is 0.411 e. The van der Waals surface area contributed by atoms with Crippen LogP contribution in [0.3, 0.4) is 0 Å². The van der Waals surface area contributed by atoms with Gasteiger partial charge in [0, 0.05) is 37.3 Å². The van der Waals surface area contributed by atoms with Crippen molar-refractivity contribution < 1.29 is 42.9 Å². The molecule has 1 unspecified atom stereocenters. The summed E-state index contributed by atoms with van der Waals surface area (Å²) in [5.41, 5.74) is 1.98. The van der Waals surface area contributed by atoms with Crippen molar-refractivity contribution >= 4 is 35.3 Å². The summed E-state index contributed by atoms with van der Waals surface area (Å²) in [7, 11) is 1.21. The Morgan fingerprint density at radius 1 is 0.930 bits per heavy atom. The highest BCUT2D eigenvalue weighted by Gasteiger charge is 2.27. The number of ether oxygens (including phenoxy) is 3. The van der Waals surface area contributed by atoms with Gasteiger partial charge in [0.15, 0.2) is 11.5 Å². The monoisotopic (exact) mass is 592 g/mol. The molecule has 3 aromatic carbocycles. The maximum atomic E-state index is 13.4. The van der Waals surface area contributed by atoms with E-state index in [4.69, 9.17) is 14.2 Å². The molecule has 0 radical (unpaired) electrons. The molecule has 3 N–H and O–H groups in total. The fourth-order valence-electron chi connectivity index (χ4n) is 4.94. The summed E-state index contributed by atoms with van der Waals surface area (Å²) < 4.78 is 28.9. The third-order valence-corrected chi connectivity index (χ3v) is 7.16. The minimum absolute atomic E-state index is 0.116. The average Bonchev–Trinajstić information content (AvgIpc) is 3.49. The van der Waals surface area contributed by atoms with Gasteiger partial charge in [-0.05, 0) is 54.1 Å². The standard InChI is InChI=1S/C30H29FN4O8/c1-41-30(40)33-23-14-19(28(38)32-22(16-27(36)37)18-2-6-21(31)7-3-18)4-8-24(23)34-10-12-35(13-11-34)29(39)20-5-9-25-26(15-20)43-17-42-25/h2-9,14-15,22H,10-13,16-17H2,1H3,(H,32,38)(H,33,40)(H,36,37). The van der Waals surface area contributed by atoms with Gasteiger partial charge in [-0.2, -0.15) is 0 Å². The molecule has 13 heteroatoms. The van der Waals surface area contributed by atoms with E-state index in [1.54, 1.807) is 35.2 Å². The van der Waals surface area contributed by atoms with Crippen LogP contribution in [0.15, 0.2) is 60.7 Å². The molecule has 0 saturated carbocycles. The molecule has 0 bridgehead atoms. The van der Waals surface area contributed by atoms with Crippen molar-refractivity contribution in [2.24, 2.45) is 0 Å². The SMILES string of the molecule is COC(=O)Nc1cc(C(=O)NC(CC(=O)O)c2ccc(F)cc2)ccc1N1CCN(C(=O)c2ccc3c(c2)OCO3)CC1. The number of fused-ring (bicyclic) bond motifs is 1. The normalized spacial score (nSPS) is 14.6. The number of amides is 3. The molecule has 2 aliphatic rings. The predicted molar refractivity (Wildman–Crippen MR) is 152 cm³/mol. The van der Waals surface area contributed by atoms with Crippen molar-refractivity contribution in [3.05, 3.63) is 83.2 Å². The fraction of sp³-hybridized carbons (Fsp3) is 0.267. The molecule has 0 aliphatic carbocycles. The van der Waals surface area contributed by atoms with Gasteiger partial charge in [-0.3, -0.25) is 19.7 Å². The lowest BCUT2D eigenvalue weighted by Crippen LogP contribution is -2.49. The first-order valence-corrected chi connectivity index (χ1v) is 13.4. The molecule has 0 aromatic heterocycles. The van der Waals surface area contributed by atoms with Crippen molar-refractivity contribution in [2.75, 3.05) is 50.3 Å². The van der Waals surface area contributed by atoms with E-state index < -0.39 is 36.2 Å². The Morgan fingerprint density at radius 3 is 2.33 bits per heavy atom. The quantitative estimate of drug-likeness (QED) is 0.357.